The van der Waals surface area contributed by atoms with Gasteiger partial charge in [0, 0.05) is 26.8 Å². The molecule has 0 saturated carbocycles. The third-order valence-electron chi connectivity index (χ3n) is 2.50. The fourth-order valence-electron chi connectivity index (χ4n) is 1.46. The number of carbonyl (C=O) groups is 1. The minimum atomic E-state index is -0.00206. The Balaban J connectivity index is 2.95. The highest BCUT2D eigenvalue weighted by molar-refractivity contribution is 7.80. The zero-order valence-electron chi connectivity index (χ0n) is 11.5. The Bertz CT molecular complexity index is 463. The van der Waals surface area contributed by atoms with E-state index in [1.165, 1.54) is 0 Å². The summed E-state index contributed by atoms with van der Waals surface area (Å²) in [5, 5.41) is 0. The Morgan fingerprint density at radius 1 is 1.47 bits per heavy atom. The average molecular weight is 281 g/mol. The van der Waals surface area contributed by atoms with E-state index >= 15 is 0 Å². The molecule has 0 unspecified atom stereocenters. The summed E-state index contributed by atoms with van der Waals surface area (Å²) in [6.45, 7) is 2.96. The highest BCUT2D eigenvalue weighted by Gasteiger charge is 2.15. The van der Waals surface area contributed by atoms with Gasteiger partial charge in [-0.3, -0.25) is 4.79 Å². The van der Waals surface area contributed by atoms with E-state index in [-0.39, 0.29) is 17.4 Å². The Hall–Kier alpha value is -1.76. The standard InChI is InChI=1S/C12H19N5OS/c1-4-7-17(8-10(18)16(2)3)12-14-6-5-9(15-12)11(13)19/h5-6H,4,7-8H2,1-3H3,(H2,13,19). The van der Waals surface area contributed by atoms with Gasteiger partial charge < -0.3 is 15.5 Å². The first kappa shape index (κ1) is 15.3. The van der Waals surface area contributed by atoms with Crippen LogP contribution in [0, 0.1) is 0 Å². The van der Waals surface area contributed by atoms with Crippen molar-refractivity contribution < 1.29 is 4.79 Å². The number of nitrogens with two attached hydrogens (primary N) is 1. The minimum Gasteiger partial charge on any atom is -0.388 e. The largest absolute Gasteiger partial charge is 0.388 e. The van der Waals surface area contributed by atoms with Gasteiger partial charge >= 0.3 is 0 Å². The molecule has 0 aliphatic heterocycles. The van der Waals surface area contributed by atoms with E-state index in [4.69, 9.17) is 18.0 Å². The van der Waals surface area contributed by atoms with Crippen LogP contribution in [0.5, 0.6) is 0 Å². The van der Waals surface area contributed by atoms with E-state index in [2.05, 4.69) is 9.97 Å². The lowest BCUT2D eigenvalue weighted by Crippen LogP contribution is -2.38. The summed E-state index contributed by atoms with van der Waals surface area (Å²) < 4.78 is 0. The number of nitrogens with zero attached hydrogens (tertiary/aromatic N) is 4. The van der Waals surface area contributed by atoms with Crippen molar-refractivity contribution in [2.24, 2.45) is 5.73 Å². The molecule has 0 aliphatic rings. The zero-order valence-corrected chi connectivity index (χ0v) is 12.3. The predicted octanol–water partition coefficient (Wildman–Crippen LogP) is 0.415. The number of likely N-dealkylation sites (N-methyl/N-ethyl adjacent to an activating group) is 1. The second-order valence-corrected chi connectivity index (χ2v) is 4.76. The summed E-state index contributed by atoms with van der Waals surface area (Å²) in [5.41, 5.74) is 6.07. The van der Waals surface area contributed by atoms with Crippen molar-refractivity contribution in [3.63, 3.8) is 0 Å². The van der Waals surface area contributed by atoms with Gasteiger partial charge in [0.05, 0.1) is 6.54 Å². The van der Waals surface area contributed by atoms with E-state index in [9.17, 15) is 4.79 Å². The summed E-state index contributed by atoms with van der Waals surface area (Å²) >= 11 is 4.90. The van der Waals surface area contributed by atoms with Crippen LogP contribution in [0.25, 0.3) is 0 Å². The topological polar surface area (TPSA) is 75.4 Å². The zero-order chi connectivity index (χ0) is 14.4. The first-order valence-electron chi connectivity index (χ1n) is 6.03. The maximum atomic E-state index is 11.8. The van der Waals surface area contributed by atoms with Gasteiger partial charge in [-0.25, -0.2) is 9.97 Å². The second-order valence-electron chi connectivity index (χ2n) is 4.32. The number of hydrogen-bond acceptors (Lipinski definition) is 5. The summed E-state index contributed by atoms with van der Waals surface area (Å²) in [5.74, 6) is 0.472. The second kappa shape index (κ2) is 6.98. The molecule has 6 nitrogen and oxygen atoms in total. The van der Waals surface area contributed by atoms with E-state index in [1.54, 1.807) is 31.3 Å². The van der Waals surface area contributed by atoms with Gasteiger partial charge in [0.1, 0.15) is 10.7 Å². The van der Waals surface area contributed by atoms with Crippen LogP contribution in [0.1, 0.15) is 19.0 Å². The predicted molar refractivity (Wildman–Crippen MR) is 79.1 cm³/mol. The molecule has 104 valence electrons. The van der Waals surface area contributed by atoms with Crippen LogP contribution in [0.3, 0.4) is 0 Å². The molecule has 0 aliphatic carbocycles. The molecule has 1 aromatic rings. The van der Waals surface area contributed by atoms with Crippen LogP contribution in [0.2, 0.25) is 0 Å². The molecule has 1 aromatic heterocycles. The fourth-order valence-corrected chi connectivity index (χ4v) is 1.58. The van der Waals surface area contributed by atoms with Gasteiger partial charge in [0.15, 0.2) is 0 Å². The molecule has 0 saturated heterocycles. The van der Waals surface area contributed by atoms with Crippen LogP contribution in [0.4, 0.5) is 5.95 Å². The van der Waals surface area contributed by atoms with Crippen LogP contribution in [0.15, 0.2) is 12.3 Å². The van der Waals surface area contributed by atoms with Gasteiger partial charge in [0.2, 0.25) is 11.9 Å². The van der Waals surface area contributed by atoms with Crippen molar-refractivity contribution in [2.45, 2.75) is 13.3 Å². The molecular formula is C12H19N5OS. The lowest BCUT2D eigenvalue weighted by Gasteiger charge is -2.23. The lowest BCUT2D eigenvalue weighted by atomic mass is 10.3. The van der Waals surface area contributed by atoms with E-state index in [1.807, 2.05) is 11.8 Å². The maximum absolute atomic E-state index is 11.8. The van der Waals surface area contributed by atoms with Gasteiger partial charge in [-0.05, 0) is 12.5 Å². The monoisotopic (exact) mass is 281 g/mol. The van der Waals surface area contributed by atoms with Crippen LogP contribution < -0.4 is 10.6 Å². The van der Waals surface area contributed by atoms with Crippen LogP contribution in [-0.4, -0.2) is 52.9 Å². The molecule has 0 atom stereocenters. The van der Waals surface area contributed by atoms with Crippen molar-refractivity contribution in [2.75, 3.05) is 32.1 Å². The Morgan fingerprint density at radius 2 is 2.16 bits per heavy atom. The molecule has 0 aromatic carbocycles. The summed E-state index contributed by atoms with van der Waals surface area (Å²) in [7, 11) is 3.44. The molecule has 1 heterocycles. The molecular weight excluding hydrogens is 262 g/mol. The number of thiocarbonyl (C=S) groups is 1. The number of aromatic nitrogens is 2. The average Bonchev–Trinajstić information content (AvgIpc) is 2.38. The highest BCUT2D eigenvalue weighted by atomic mass is 32.1. The quantitative estimate of drug-likeness (QED) is 0.762. The smallest absolute Gasteiger partial charge is 0.241 e. The number of anilines is 1. The first-order valence-corrected chi connectivity index (χ1v) is 6.44. The van der Waals surface area contributed by atoms with Crippen molar-refractivity contribution in [3.8, 4) is 0 Å². The molecule has 0 spiro atoms. The highest BCUT2D eigenvalue weighted by Crippen LogP contribution is 2.08. The third kappa shape index (κ3) is 4.44. The molecule has 7 heteroatoms. The van der Waals surface area contributed by atoms with Gasteiger partial charge in [-0.15, -0.1) is 0 Å². The van der Waals surface area contributed by atoms with E-state index < -0.39 is 0 Å². The molecule has 1 amide bonds. The third-order valence-corrected chi connectivity index (χ3v) is 2.71. The number of amides is 1. The Morgan fingerprint density at radius 3 is 2.68 bits per heavy atom. The van der Waals surface area contributed by atoms with Gasteiger partial charge in [0.25, 0.3) is 0 Å². The van der Waals surface area contributed by atoms with Crippen LogP contribution in [-0.2, 0) is 4.79 Å². The molecule has 0 fully saturated rings. The number of rotatable bonds is 6. The molecule has 19 heavy (non-hydrogen) atoms. The normalized spacial score (nSPS) is 10.1. The first-order chi connectivity index (χ1) is 8.95. The van der Waals surface area contributed by atoms with Crippen molar-refractivity contribution in [1.82, 2.24) is 14.9 Å². The minimum absolute atomic E-state index is 0.00206. The summed E-state index contributed by atoms with van der Waals surface area (Å²) in [6, 6.07) is 1.66. The molecule has 0 radical (unpaired) electrons. The Labute approximate surface area is 118 Å². The maximum Gasteiger partial charge on any atom is 0.241 e. The Kier molecular flexibility index (Phi) is 5.62. The molecule has 2 N–H and O–H groups in total. The summed E-state index contributed by atoms with van der Waals surface area (Å²) in [4.78, 5) is 23.8. The molecule has 0 bridgehead atoms. The van der Waals surface area contributed by atoms with Gasteiger partial charge in [-0.2, -0.15) is 0 Å². The van der Waals surface area contributed by atoms with Crippen molar-refractivity contribution in [3.05, 3.63) is 18.0 Å². The summed E-state index contributed by atoms with van der Waals surface area (Å²) in [6.07, 6.45) is 2.49. The number of carbonyl (C=O) groups excluding carboxylic acids is 1. The van der Waals surface area contributed by atoms with Crippen LogP contribution >= 0.6 is 12.2 Å². The van der Waals surface area contributed by atoms with Gasteiger partial charge in [-0.1, -0.05) is 19.1 Å². The SMILES string of the molecule is CCCN(CC(=O)N(C)C)c1nccc(C(N)=S)n1. The number of hydrogen-bond donors (Lipinski definition) is 1. The van der Waals surface area contributed by atoms with Crippen molar-refractivity contribution in [1.29, 1.82) is 0 Å². The fraction of sp³-hybridized carbons (Fsp3) is 0.500. The van der Waals surface area contributed by atoms with E-state index in [0.717, 1.165) is 6.42 Å². The van der Waals surface area contributed by atoms with E-state index in [0.29, 0.717) is 18.2 Å². The lowest BCUT2D eigenvalue weighted by molar-refractivity contribution is -0.127. The molecule has 1 rings (SSSR count). The van der Waals surface area contributed by atoms with Crippen molar-refractivity contribution >= 4 is 29.1 Å².